The maximum Gasteiger partial charge on any atom is 0.0897 e. The Hall–Kier alpha value is -0.410. The van der Waals surface area contributed by atoms with Gasteiger partial charge >= 0.3 is 0 Å². The van der Waals surface area contributed by atoms with E-state index in [1.165, 1.54) is 42.9 Å². The molecule has 1 aliphatic rings. The first-order valence-corrected chi connectivity index (χ1v) is 9.04. The van der Waals surface area contributed by atoms with Crippen LogP contribution in [0.2, 0.25) is 0 Å². The molecule has 0 radical (unpaired) electrons. The molecule has 1 saturated carbocycles. The third-order valence-electron chi connectivity index (χ3n) is 4.50. The van der Waals surface area contributed by atoms with Crippen LogP contribution in [-0.4, -0.2) is 18.1 Å². The highest BCUT2D eigenvalue weighted by atomic mass is 32.1. The molecule has 3 unspecified atom stereocenters. The van der Waals surface area contributed by atoms with Gasteiger partial charge in [0.25, 0.3) is 0 Å². The Kier molecular flexibility index (Phi) is 6.03. The fourth-order valence-corrected chi connectivity index (χ4v) is 4.03. The maximum absolute atomic E-state index is 4.67. The fraction of sp³-hybridized carbons (Fsp3) is 0.824. The standard InChI is InChI=1S/C17H30N2S/c1-12(2)9-18-10-15-6-5-13(3)7-16(15)8-17-11-20-14(4)19-17/h11-13,15-16,18H,5-10H2,1-4H3. The zero-order valence-electron chi connectivity index (χ0n) is 13.5. The van der Waals surface area contributed by atoms with E-state index >= 15 is 0 Å². The molecule has 1 fully saturated rings. The molecule has 1 heterocycles. The van der Waals surface area contributed by atoms with Gasteiger partial charge in [0.1, 0.15) is 0 Å². The quantitative estimate of drug-likeness (QED) is 0.846. The lowest BCUT2D eigenvalue weighted by atomic mass is 9.73. The Morgan fingerprint density at radius 2 is 2.15 bits per heavy atom. The van der Waals surface area contributed by atoms with E-state index < -0.39 is 0 Å². The van der Waals surface area contributed by atoms with Crippen LogP contribution in [0, 0.1) is 30.6 Å². The molecule has 0 aromatic carbocycles. The summed E-state index contributed by atoms with van der Waals surface area (Å²) in [6.07, 6.45) is 5.36. The zero-order chi connectivity index (χ0) is 14.5. The minimum absolute atomic E-state index is 0.747. The zero-order valence-corrected chi connectivity index (χ0v) is 14.3. The Balaban J connectivity index is 1.90. The maximum atomic E-state index is 4.67. The van der Waals surface area contributed by atoms with Crippen molar-refractivity contribution in [2.45, 2.75) is 53.4 Å². The number of hydrogen-bond acceptors (Lipinski definition) is 3. The topological polar surface area (TPSA) is 24.9 Å². The van der Waals surface area contributed by atoms with E-state index in [0.717, 1.165) is 30.2 Å². The van der Waals surface area contributed by atoms with E-state index in [-0.39, 0.29) is 0 Å². The predicted molar refractivity (Wildman–Crippen MR) is 88.3 cm³/mol. The Morgan fingerprint density at radius 3 is 2.80 bits per heavy atom. The van der Waals surface area contributed by atoms with E-state index in [0.29, 0.717) is 0 Å². The van der Waals surface area contributed by atoms with Crippen LogP contribution in [0.15, 0.2) is 5.38 Å². The molecule has 0 spiro atoms. The van der Waals surface area contributed by atoms with Gasteiger partial charge in [0.15, 0.2) is 0 Å². The van der Waals surface area contributed by atoms with Gasteiger partial charge in [-0.1, -0.05) is 27.2 Å². The predicted octanol–water partition coefficient (Wildman–Crippen LogP) is 4.29. The van der Waals surface area contributed by atoms with Crippen LogP contribution < -0.4 is 5.32 Å². The summed E-state index contributed by atoms with van der Waals surface area (Å²) in [5, 5.41) is 7.14. The third-order valence-corrected chi connectivity index (χ3v) is 5.32. The highest BCUT2D eigenvalue weighted by molar-refractivity contribution is 7.09. The second-order valence-corrected chi connectivity index (χ2v) is 8.11. The summed E-state index contributed by atoms with van der Waals surface area (Å²) in [5.74, 6) is 3.30. The largest absolute Gasteiger partial charge is 0.316 e. The Labute approximate surface area is 128 Å². The van der Waals surface area contributed by atoms with Crippen LogP contribution in [0.3, 0.4) is 0 Å². The molecule has 1 aliphatic carbocycles. The summed E-state index contributed by atoms with van der Waals surface area (Å²) in [4.78, 5) is 4.67. The number of nitrogens with zero attached hydrogens (tertiary/aromatic N) is 1. The van der Waals surface area contributed by atoms with Crippen molar-refractivity contribution in [2.75, 3.05) is 13.1 Å². The second kappa shape index (κ2) is 7.56. The summed E-state index contributed by atoms with van der Waals surface area (Å²) in [6.45, 7) is 11.4. The molecule has 0 aliphatic heterocycles. The first-order valence-electron chi connectivity index (χ1n) is 8.16. The average molecular weight is 295 g/mol. The van der Waals surface area contributed by atoms with Crippen molar-refractivity contribution in [3.63, 3.8) is 0 Å². The van der Waals surface area contributed by atoms with Crippen LogP contribution in [0.4, 0.5) is 0 Å². The molecule has 114 valence electrons. The van der Waals surface area contributed by atoms with Gasteiger partial charge in [-0.25, -0.2) is 4.98 Å². The molecular formula is C17H30N2S. The minimum Gasteiger partial charge on any atom is -0.316 e. The van der Waals surface area contributed by atoms with Crippen LogP contribution in [0.5, 0.6) is 0 Å². The summed E-state index contributed by atoms with van der Waals surface area (Å²) in [5.41, 5.74) is 1.32. The van der Waals surface area contributed by atoms with Crippen molar-refractivity contribution in [1.82, 2.24) is 10.3 Å². The summed E-state index contributed by atoms with van der Waals surface area (Å²) < 4.78 is 0. The lowest BCUT2D eigenvalue weighted by Gasteiger charge is -2.35. The van der Waals surface area contributed by atoms with Crippen LogP contribution in [0.1, 0.15) is 50.7 Å². The first kappa shape index (κ1) is 16.0. The number of aromatic nitrogens is 1. The van der Waals surface area contributed by atoms with E-state index in [2.05, 4.69) is 43.4 Å². The number of thiazole rings is 1. The lowest BCUT2D eigenvalue weighted by molar-refractivity contribution is 0.181. The average Bonchev–Trinajstić information content (AvgIpc) is 2.77. The highest BCUT2D eigenvalue weighted by Crippen LogP contribution is 2.35. The molecule has 0 bridgehead atoms. The van der Waals surface area contributed by atoms with Gasteiger partial charge in [0, 0.05) is 5.38 Å². The molecule has 1 aromatic rings. The monoisotopic (exact) mass is 294 g/mol. The summed E-state index contributed by atoms with van der Waals surface area (Å²) in [6, 6.07) is 0. The molecule has 3 atom stereocenters. The normalized spacial score (nSPS) is 27.1. The van der Waals surface area contributed by atoms with Gasteiger partial charge in [-0.2, -0.15) is 0 Å². The molecule has 2 nitrogen and oxygen atoms in total. The minimum atomic E-state index is 0.747. The Bertz CT molecular complexity index is 399. The lowest BCUT2D eigenvalue weighted by Crippen LogP contribution is -2.35. The van der Waals surface area contributed by atoms with Crippen molar-refractivity contribution in [3.8, 4) is 0 Å². The van der Waals surface area contributed by atoms with Gasteiger partial charge in [0.2, 0.25) is 0 Å². The van der Waals surface area contributed by atoms with Gasteiger partial charge in [-0.15, -0.1) is 11.3 Å². The van der Waals surface area contributed by atoms with E-state index in [4.69, 9.17) is 0 Å². The molecule has 0 amide bonds. The van der Waals surface area contributed by atoms with Crippen molar-refractivity contribution < 1.29 is 0 Å². The summed E-state index contributed by atoms with van der Waals surface area (Å²) >= 11 is 1.79. The van der Waals surface area contributed by atoms with Crippen molar-refractivity contribution in [1.29, 1.82) is 0 Å². The number of rotatable bonds is 6. The first-order chi connectivity index (χ1) is 9.54. The highest BCUT2D eigenvalue weighted by Gasteiger charge is 2.28. The second-order valence-electron chi connectivity index (χ2n) is 7.05. The molecule has 1 aromatic heterocycles. The molecule has 0 saturated heterocycles. The molecule has 2 rings (SSSR count). The van der Waals surface area contributed by atoms with Gasteiger partial charge < -0.3 is 5.32 Å². The fourth-order valence-electron chi connectivity index (χ4n) is 3.41. The van der Waals surface area contributed by atoms with Crippen LogP contribution >= 0.6 is 11.3 Å². The molecule has 3 heteroatoms. The van der Waals surface area contributed by atoms with Crippen LogP contribution in [-0.2, 0) is 6.42 Å². The molecular weight excluding hydrogens is 264 g/mol. The smallest absolute Gasteiger partial charge is 0.0897 e. The van der Waals surface area contributed by atoms with Gasteiger partial charge in [-0.3, -0.25) is 0 Å². The number of aryl methyl sites for hydroxylation is 1. The van der Waals surface area contributed by atoms with E-state index in [1.54, 1.807) is 11.3 Å². The van der Waals surface area contributed by atoms with Gasteiger partial charge in [-0.05, 0) is 62.9 Å². The van der Waals surface area contributed by atoms with E-state index in [1.807, 2.05) is 0 Å². The van der Waals surface area contributed by atoms with Gasteiger partial charge in [0.05, 0.1) is 10.7 Å². The number of hydrogen-bond donors (Lipinski definition) is 1. The van der Waals surface area contributed by atoms with Crippen LogP contribution in [0.25, 0.3) is 0 Å². The number of nitrogens with one attached hydrogen (secondary N) is 1. The van der Waals surface area contributed by atoms with Crippen molar-refractivity contribution >= 4 is 11.3 Å². The van der Waals surface area contributed by atoms with E-state index in [9.17, 15) is 0 Å². The molecule has 20 heavy (non-hydrogen) atoms. The Morgan fingerprint density at radius 1 is 1.35 bits per heavy atom. The van der Waals surface area contributed by atoms with Crippen molar-refractivity contribution in [3.05, 3.63) is 16.1 Å². The molecule has 1 N–H and O–H groups in total. The third kappa shape index (κ3) is 4.85. The SMILES string of the molecule is Cc1nc(CC2CC(C)CCC2CNCC(C)C)cs1. The summed E-state index contributed by atoms with van der Waals surface area (Å²) in [7, 11) is 0. The van der Waals surface area contributed by atoms with Crippen molar-refractivity contribution in [2.24, 2.45) is 23.7 Å².